The quantitative estimate of drug-likeness (QED) is 0.510. The maximum atomic E-state index is 14.2. The van der Waals surface area contributed by atoms with Crippen molar-refractivity contribution in [1.29, 1.82) is 0 Å². The molecular weight excluding hydrogens is 517 g/mol. The van der Waals surface area contributed by atoms with E-state index >= 15 is 0 Å². The third-order valence-electron chi connectivity index (χ3n) is 5.56. The number of amides is 1. The minimum absolute atomic E-state index is 0.0969. The zero-order valence-corrected chi connectivity index (χ0v) is 20.0. The molecule has 3 aromatic rings. The van der Waals surface area contributed by atoms with Gasteiger partial charge < -0.3 is 14.8 Å². The fraction of sp³-hybridized carbons (Fsp3) is 0.318. The van der Waals surface area contributed by atoms with Gasteiger partial charge in [0.05, 0.1) is 66.4 Å². The van der Waals surface area contributed by atoms with E-state index in [4.69, 9.17) is 21.1 Å². The minimum atomic E-state index is -4.90. The molecule has 15 heteroatoms. The molecule has 0 bridgehead atoms. The van der Waals surface area contributed by atoms with Gasteiger partial charge in [0.25, 0.3) is 5.91 Å². The van der Waals surface area contributed by atoms with Crippen LogP contribution in [0.3, 0.4) is 0 Å². The van der Waals surface area contributed by atoms with E-state index in [9.17, 15) is 18.0 Å². The number of nitrogens with one attached hydrogen (secondary N) is 2. The van der Waals surface area contributed by atoms with E-state index in [0.29, 0.717) is 35.7 Å². The summed E-state index contributed by atoms with van der Waals surface area (Å²) in [5.41, 5.74) is 2.01. The maximum Gasteiger partial charge on any atom is 0.434 e. The van der Waals surface area contributed by atoms with E-state index in [1.54, 1.807) is 13.1 Å². The molecule has 2 N–H and O–H groups in total. The average Bonchev–Trinajstić information content (AvgIpc) is 3.55. The van der Waals surface area contributed by atoms with E-state index < -0.39 is 29.4 Å². The van der Waals surface area contributed by atoms with Crippen LogP contribution in [0.1, 0.15) is 33.4 Å². The van der Waals surface area contributed by atoms with Crippen molar-refractivity contribution in [2.24, 2.45) is 5.10 Å². The number of pyridine rings is 2. The van der Waals surface area contributed by atoms with Crippen LogP contribution in [0.25, 0.3) is 5.69 Å². The first kappa shape index (κ1) is 25.1. The number of hydrazone groups is 1. The molecule has 0 aliphatic carbocycles. The van der Waals surface area contributed by atoms with Gasteiger partial charge in [-0.25, -0.2) is 15.1 Å². The van der Waals surface area contributed by atoms with Crippen molar-refractivity contribution in [2.45, 2.75) is 19.2 Å². The van der Waals surface area contributed by atoms with Crippen molar-refractivity contribution < 1.29 is 27.4 Å². The molecule has 5 rings (SSSR count). The van der Waals surface area contributed by atoms with Crippen LogP contribution >= 0.6 is 11.6 Å². The molecule has 1 unspecified atom stereocenters. The fourth-order valence-electron chi connectivity index (χ4n) is 3.84. The Morgan fingerprint density at radius 1 is 1.22 bits per heavy atom. The van der Waals surface area contributed by atoms with Crippen molar-refractivity contribution in [3.8, 4) is 5.69 Å². The van der Waals surface area contributed by atoms with Crippen molar-refractivity contribution in [2.75, 3.05) is 36.8 Å². The molecule has 0 saturated carbocycles. The highest BCUT2D eigenvalue weighted by Gasteiger charge is 2.41. The molecular formula is C22H20ClF3N8O3. The summed E-state index contributed by atoms with van der Waals surface area (Å²) in [6.45, 7) is 3.08. The predicted octanol–water partition coefficient (Wildman–Crippen LogP) is 3.29. The Balaban J connectivity index is 1.46. The lowest BCUT2D eigenvalue weighted by Gasteiger charge is -2.23. The number of carbonyl (C=O) groups is 1. The topological polar surface area (TPSA) is 119 Å². The Hall–Kier alpha value is -3.59. The smallest absolute Gasteiger partial charge is 0.376 e. The molecule has 5 heterocycles. The van der Waals surface area contributed by atoms with Gasteiger partial charge in [0.15, 0.2) is 11.5 Å². The molecule has 1 fully saturated rings. The van der Waals surface area contributed by atoms with Crippen LogP contribution in [0, 0.1) is 6.92 Å². The monoisotopic (exact) mass is 536 g/mol. The molecule has 3 aromatic heterocycles. The van der Waals surface area contributed by atoms with Gasteiger partial charge in [-0.15, -0.1) is 0 Å². The van der Waals surface area contributed by atoms with Crippen LogP contribution < -0.4 is 15.9 Å². The van der Waals surface area contributed by atoms with Crippen molar-refractivity contribution >= 4 is 35.2 Å². The summed E-state index contributed by atoms with van der Waals surface area (Å²) >= 11 is 6.23. The zero-order valence-electron chi connectivity index (χ0n) is 19.3. The van der Waals surface area contributed by atoms with E-state index in [1.165, 1.54) is 29.6 Å². The maximum absolute atomic E-state index is 14.2. The van der Waals surface area contributed by atoms with Crippen LogP contribution in [0.4, 0.5) is 24.7 Å². The highest BCUT2D eigenvalue weighted by molar-refractivity contribution is 6.33. The summed E-state index contributed by atoms with van der Waals surface area (Å²) in [6, 6.07) is 2.82. The summed E-state index contributed by atoms with van der Waals surface area (Å²) in [7, 11) is 0. The van der Waals surface area contributed by atoms with Crippen LogP contribution in [0.5, 0.6) is 0 Å². The van der Waals surface area contributed by atoms with Crippen LogP contribution in [0.15, 0.2) is 35.8 Å². The first-order valence-electron chi connectivity index (χ1n) is 11.1. The van der Waals surface area contributed by atoms with Crippen LogP contribution in [-0.4, -0.2) is 58.2 Å². The summed E-state index contributed by atoms with van der Waals surface area (Å²) < 4.78 is 54.4. The fourth-order valence-corrected chi connectivity index (χ4v) is 4.08. The summed E-state index contributed by atoms with van der Waals surface area (Å²) in [6.07, 6.45) is -0.265. The van der Waals surface area contributed by atoms with Gasteiger partial charge in [-0.1, -0.05) is 11.6 Å². The molecule has 11 nitrogen and oxygen atoms in total. The number of hydrogen-bond acceptors (Lipinski definition) is 9. The second-order valence-electron chi connectivity index (χ2n) is 8.10. The number of nitrogens with zero attached hydrogens (tertiary/aromatic N) is 6. The standard InChI is InChI=1S/C22H20ClF3N8O3/c1-12-8-27-16(18-11-36-4-5-37-18)7-17(12)33-19(22(24,25)26)14(10-31-33)21(35)32-13-6-15(23)20(28-9-13)34-29-2-3-30-34/h2,6-10,18,30H,3-5,11H2,1H3,(H,32,35). The number of rotatable bonds is 5. The first-order valence-corrected chi connectivity index (χ1v) is 11.4. The Bertz CT molecular complexity index is 1360. The van der Waals surface area contributed by atoms with Gasteiger partial charge in [0, 0.05) is 12.4 Å². The molecule has 1 amide bonds. The Morgan fingerprint density at radius 3 is 2.73 bits per heavy atom. The van der Waals surface area contributed by atoms with Crippen LogP contribution in [-0.2, 0) is 15.7 Å². The number of anilines is 2. The highest BCUT2D eigenvalue weighted by atomic mass is 35.5. The largest absolute Gasteiger partial charge is 0.434 e. The van der Waals surface area contributed by atoms with Crippen molar-refractivity contribution in [3.05, 3.63) is 58.3 Å². The molecule has 0 aromatic carbocycles. The number of hydrazine groups is 1. The van der Waals surface area contributed by atoms with E-state index in [0.717, 1.165) is 6.20 Å². The minimum Gasteiger partial charge on any atom is -0.376 e. The summed E-state index contributed by atoms with van der Waals surface area (Å²) in [5.74, 6) is -0.758. The molecule has 0 spiro atoms. The van der Waals surface area contributed by atoms with E-state index in [1.807, 2.05) is 0 Å². The normalized spacial score (nSPS) is 17.9. The predicted molar refractivity (Wildman–Crippen MR) is 127 cm³/mol. The van der Waals surface area contributed by atoms with Gasteiger partial charge >= 0.3 is 6.18 Å². The zero-order chi connectivity index (χ0) is 26.2. The molecule has 194 valence electrons. The molecule has 2 aliphatic heterocycles. The lowest BCUT2D eigenvalue weighted by Crippen LogP contribution is -2.29. The van der Waals surface area contributed by atoms with Crippen molar-refractivity contribution in [1.82, 2.24) is 25.2 Å². The van der Waals surface area contributed by atoms with E-state index in [-0.39, 0.29) is 28.8 Å². The number of carbonyl (C=O) groups excluding carboxylic acids is 1. The second kappa shape index (κ2) is 10.0. The Labute approximate surface area is 213 Å². The Kier molecular flexibility index (Phi) is 6.81. The molecule has 1 saturated heterocycles. The van der Waals surface area contributed by atoms with Gasteiger partial charge in [-0.3, -0.25) is 9.78 Å². The molecule has 1 atom stereocenters. The van der Waals surface area contributed by atoms with E-state index in [2.05, 4.69) is 30.9 Å². The second-order valence-corrected chi connectivity index (χ2v) is 8.51. The number of aromatic nitrogens is 4. The van der Waals surface area contributed by atoms with Crippen molar-refractivity contribution in [3.63, 3.8) is 0 Å². The lowest BCUT2D eigenvalue weighted by atomic mass is 10.1. The summed E-state index contributed by atoms with van der Waals surface area (Å²) in [4.78, 5) is 21.4. The molecule has 2 aliphatic rings. The molecule has 0 radical (unpaired) electrons. The highest BCUT2D eigenvalue weighted by Crippen LogP contribution is 2.35. The SMILES string of the molecule is Cc1cnc(C2COCCO2)cc1-n1ncc(C(=O)Nc2cnc(N3N=CCN3)c(Cl)c2)c1C(F)(F)F. The average molecular weight is 537 g/mol. The lowest BCUT2D eigenvalue weighted by molar-refractivity contribution is -0.143. The molecule has 37 heavy (non-hydrogen) atoms. The number of aryl methyl sites for hydroxylation is 1. The number of halogens is 4. The summed E-state index contributed by atoms with van der Waals surface area (Å²) in [5, 5.41) is 11.8. The third-order valence-corrected chi connectivity index (χ3v) is 5.84. The first-order chi connectivity index (χ1) is 17.7. The third kappa shape index (κ3) is 5.13. The van der Waals surface area contributed by atoms with Gasteiger partial charge in [-0.2, -0.15) is 28.5 Å². The van der Waals surface area contributed by atoms with Gasteiger partial charge in [0.1, 0.15) is 6.10 Å². The number of hydrogen-bond donors (Lipinski definition) is 2. The van der Waals surface area contributed by atoms with Crippen LogP contribution in [0.2, 0.25) is 5.02 Å². The Morgan fingerprint density at radius 2 is 2.05 bits per heavy atom. The number of alkyl halides is 3. The number of ether oxygens (including phenoxy) is 2. The van der Waals surface area contributed by atoms with Gasteiger partial charge in [0.2, 0.25) is 0 Å². The van der Waals surface area contributed by atoms with Gasteiger partial charge in [-0.05, 0) is 24.6 Å².